The summed E-state index contributed by atoms with van der Waals surface area (Å²) in [6.45, 7) is 1.83. The number of hydrazone groups is 1. The molecule has 3 aromatic carbocycles. The number of hydrogen-bond acceptors (Lipinski definition) is 3. The third kappa shape index (κ3) is 3.56. The molecule has 5 heteroatoms. The number of phenolic OH excluding ortho intramolecular Hbond substituents is 1. The second-order valence-corrected chi connectivity index (χ2v) is 6.61. The van der Waals surface area contributed by atoms with Crippen molar-refractivity contribution in [2.75, 3.05) is 0 Å². The van der Waals surface area contributed by atoms with Gasteiger partial charge in [-0.2, -0.15) is 5.10 Å². The first-order valence-corrected chi connectivity index (χ1v) is 8.45. The lowest BCUT2D eigenvalue weighted by Gasteiger charge is -2.07. The highest BCUT2D eigenvalue weighted by molar-refractivity contribution is 14.1. The highest BCUT2D eigenvalue weighted by Gasteiger charge is 2.12. The normalized spacial score (nSPS) is 11.5. The molecule has 24 heavy (non-hydrogen) atoms. The van der Waals surface area contributed by atoms with E-state index in [4.69, 9.17) is 0 Å². The zero-order valence-corrected chi connectivity index (χ0v) is 15.1. The van der Waals surface area contributed by atoms with E-state index in [9.17, 15) is 9.90 Å². The van der Waals surface area contributed by atoms with Gasteiger partial charge in [0.1, 0.15) is 5.75 Å². The Hall–Kier alpha value is -2.41. The second kappa shape index (κ2) is 7.00. The minimum absolute atomic E-state index is 0.0617. The van der Waals surface area contributed by atoms with Crippen LogP contribution in [0.3, 0.4) is 0 Å². The number of rotatable bonds is 3. The molecule has 0 spiro atoms. The van der Waals surface area contributed by atoms with Crippen LogP contribution in [0.25, 0.3) is 10.8 Å². The summed E-state index contributed by atoms with van der Waals surface area (Å²) in [7, 11) is 0. The Bertz CT molecular complexity index is 951. The first-order chi connectivity index (χ1) is 11.5. The third-order valence-electron chi connectivity index (χ3n) is 3.68. The van der Waals surface area contributed by atoms with Crippen LogP contribution in [0.4, 0.5) is 0 Å². The van der Waals surface area contributed by atoms with E-state index in [-0.39, 0.29) is 11.3 Å². The van der Waals surface area contributed by atoms with Gasteiger partial charge in [0.05, 0.1) is 11.3 Å². The van der Waals surface area contributed by atoms with Crippen molar-refractivity contribution < 1.29 is 9.90 Å². The topological polar surface area (TPSA) is 61.7 Å². The number of hydrogen-bond donors (Lipinski definition) is 2. The van der Waals surface area contributed by atoms with E-state index in [1.165, 1.54) is 0 Å². The lowest BCUT2D eigenvalue weighted by atomic mass is 10.1. The zero-order chi connectivity index (χ0) is 17.1. The molecule has 4 nitrogen and oxygen atoms in total. The van der Waals surface area contributed by atoms with Gasteiger partial charge in [0, 0.05) is 3.57 Å². The van der Waals surface area contributed by atoms with Gasteiger partial charge in [0.25, 0.3) is 5.91 Å². The van der Waals surface area contributed by atoms with Gasteiger partial charge in [-0.3, -0.25) is 4.79 Å². The van der Waals surface area contributed by atoms with Crippen LogP contribution >= 0.6 is 22.6 Å². The molecule has 0 aliphatic rings. The van der Waals surface area contributed by atoms with Gasteiger partial charge in [-0.25, -0.2) is 5.43 Å². The van der Waals surface area contributed by atoms with Crippen LogP contribution in [0.2, 0.25) is 0 Å². The van der Waals surface area contributed by atoms with Crippen molar-refractivity contribution in [1.82, 2.24) is 5.43 Å². The molecule has 1 amide bonds. The zero-order valence-electron chi connectivity index (χ0n) is 13.0. The van der Waals surface area contributed by atoms with Gasteiger partial charge in [-0.05, 0) is 70.1 Å². The predicted octanol–water partition coefficient (Wildman–Crippen LogP) is 4.30. The standard InChI is InChI=1S/C19H15IN2O2/c1-12(13-7-4-8-16(20)9-13)21-22-19(24)17-10-14-5-2-3-6-15(14)11-18(17)23/h2-11,23H,1H3,(H,22,24)/b21-12-. The average Bonchev–Trinajstić information content (AvgIpc) is 2.58. The molecular formula is C19H15IN2O2. The van der Waals surface area contributed by atoms with E-state index in [2.05, 4.69) is 33.1 Å². The van der Waals surface area contributed by atoms with E-state index in [0.29, 0.717) is 5.71 Å². The fourth-order valence-corrected chi connectivity index (χ4v) is 2.93. The van der Waals surface area contributed by atoms with Crippen molar-refractivity contribution in [1.29, 1.82) is 0 Å². The van der Waals surface area contributed by atoms with Gasteiger partial charge in [-0.15, -0.1) is 0 Å². The summed E-state index contributed by atoms with van der Waals surface area (Å²) >= 11 is 2.23. The molecule has 0 unspecified atom stereocenters. The van der Waals surface area contributed by atoms with Crippen molar-refractivity contribution in [2.24, 2.45) is 5.10 Å². The average molecular weight is 430 g/mol. The van der Waals surface area contributed by atoms with Crippen LogP contribution in [0.15, 0.2) is 65.8 Å². The number of nitrogens with zero attached hydrogens (tertiary/aromatic N) is 1. The van der Waals surface area contributed by atoms with Gasteiger partial charge < -0.3 is 5.11 Å². The third-order valence-corrected chi connectivity index (χ3v) is 4.35. The molecule has 0 atom stereocenters. The summed E-state index contributed by atoms with van der Waals surface area (Å²) in [4.78, 5) is 12.3. The maximum atomic E-state index is 12.3. The maximum Gasteiger partial charge on any atom is 0.275 e. The number of halogens is 1. The maximum absolute atomic E-state index is 12.3. The summed E-state index contributed by atoms with van der Waals surface area (Å²) in [6, 6.07) is 18.6. The predicted molar refractivity (Wildman–Crippen MR) is 104 cm³/mol. The minimum Gasteiger partial charge on any atom is -0.507 e. The smallest absolute Gasteiger partial charge is 0.275 e. The molecule has 0 aromatic heterocycles. The van der Waals surface area contributed by atoms with E-state index < -0.39 is 5.91 Å². The molecule has 0 heterocycles. The van der Waals surface area contributed by atoms with Crippen molar-refractivity contribution in [3.63, 3.8) is 0 Å². The lowest BCUT2D eigenvalue weighted by molar-refractivity contribution is 0.0952. The molecule has 120 valence electrons. The molecule has 0 fully saturated rings. The molecule has 0 aliphatic carbocycles. The summed E-state index contributed by atoms with van der Waals surface area (Å²) in [5, 5.41) is 16.0. The van der Waals surface area contributed by atoms with Gasteiger partial charge in [0.2, 0.25) is 0 Å². The van der Waals surface area contributed by atoms with Crippen LogP contribution in [0, 0.1) is 3.57 Å². The molecule has 0 bridgehead atoms. The Labute approximate surface area is 153 Å². The van der Waals surface area contributed by atoms with Crippen LogP contribution < -0.4 is 5.43 Å². The van der Waals surface area contributed by atoms with Crippen LogP contribution in [-0.2, 0) is 0 Å². The fourth-order valence-electron chi connectivity index (χ4n) is 2.38. The first kappa shape index (κ1) is 16.4. The largest absolute Gasteiger partial charge is 0.507 e. The highest BCUT2D eigenvalue weighted by atomic mass is 127. The Balaban J connectivity index is 1.84. The minimum atomic E-state index is -0.441. The van der Waals surface area contributed by atoms with E-state index in [1.807, 2.05) is 55.5 Å². The number of aromatic hydroxyl groups is 1. The monoisotopic (exact) mass is 430 g/mol. The van der Waals surface area contributed by atoms with Crippen molar-refractivity contribution in [2.45, 2.75) is 6.92 Å². The molecule has 3 rings (SSSR count). The summed E-state index contributed by atoms with van der Waals surface area (Å²) < 4.78 is 1.10. The molecular weight excluding hydrogens is 415 g/mol. The molecule has 0 saturated heterocycles. The SMILES string of the molecule is C/C(=N/NC(=O)c1cc2ccccc2cc1O)c1cccc(I)c1. The number of amides is 1. The van der Waals surface area contributed by atoms with Crippen LogP contribution in [-0.4, -0.2) is 16.7 Å². The van der Waals surface area contributed by atoms with Crippen molar-refractivity contribution in [3.05, 3.63) is 75.4 Å². The Morgan fingerprint density at radius 2 is 1.75 bits per heavy atom. The van der Waals surface area contributed by atoms with Crippen molar-refractivity contribution in [3.8, 4) is 5.75 Å². The lowest BCUT2D eigenvalue weighted by Crippen LogP contribution is -2.19. The fraction of sp³-hybridized carbons (Fsp3) is 0.0526. The number of nitrogens with one attached hydrogen (secondary N) is 1. The second-order valence-electron chi connectivity index (χ2n) is 5.36. The number of benzene rings is 3. The first-order valence-electron chi connectivity index (χ1n) is 7.37. The molecule has 3 aromatic rings. The molecule has 0 radical (unpaired) electrons. The number of phenols is 1. The van der Waals surface area contributed by atoms with Crippen LogP contribution in [0.5, 0.6) is 5.75 Å². The number of fused-ring (bicyclic) bond motifs is 1. The number of carbonyl (C=O) groups excluding carboxylic acids is 1. The quantitative estimate of drug-likeness (QED) is 0.370. The summed E-state index contributed by atoms with van der Waals surface area (Å²) in [6.07, 6.45) is 0. The molecule has 0 saturated carbocycles. The van der Waals surface area contributed by atoms with E-state index in [1.54, 1.807) is 12.1 Å². The van der Waals surface area contributed by atoms with Crippen molar-refractivity contribution >= 4 is 45.0 Å². The van der Waals surface area contributed by atoms with Crippen LogP contribution in [0.1, 0.15) is 22.8 Å². The van der Waals surface area contributed by atoms with E-state index >= 15 is 0 Å². The molecule has 0 aliphatic heterocycles. The highest BCUT2D eigenvalue weighted by Crippen LogP contribution is 2.24. The Morgan fingerprint density at radius 3 is 2.46 bits per heavy atom. The Morgan fingerprint density at radius 1 is 1.04 bits per heavy atom. The Kier molecular flexibility index (Phi) is 4.80. The number of carbonyl (C=O) groups is 1. The van der Waals surface area contributed by atoms with Gasteiger partial charge >= 0.3 is 0 Å². The summed E-state index contributed by atoms with van der Waals surface area (Å²) in [5.74, 6) is -0.503. The van der Waals surface area contributed by atoms with Gasteiger partial charge in [-0.1, -0.05) is 36.4 Å². The summed E-state index contributed by atoms with van der Waals surface area (Å²) in [5.41, 5.74) is 4.34. The molecule has 2 N–H and O–H groups in total. The van der Waals surface area contributed by atoms with Gasteiger partial charge in [0.15, 0.2) is 0 Å². The van der Waals surface area contributed by atoms with E-state index in [0.717, 1.165) is 19.9 Å².